The third-order valence-corrected chi connectivity index (χ3v) is 5.22. The van der Waals surface area contributed by atoms with Crippen molar-refractivity contribution < 1.29 is 4.79 Å². The quantitative estimate of drug-likeness (QED) is 0.778. The normalized spacial score (nSPS) is 15.2. The summed E-state index contributed by atoms with van der Waals surface area (Å²) in [5.41, 5.74) is 5.80. The van der Waals surface area contributed by atoms with E-state index in [9.17, 15) is 4.79 Å². The smallest absolute Gasteiger partial charge is 0.238 e. The largest absolute Gasteiger partial charge is 0.381 e. The maximum Gasteiger partial charge on any atom is 0.238 e. The van der Waals surface area contributed by atoms with Crippen LogP contribution in [0.3, 0.4) is 0 Å². The molecule has 1 aliphatic heterocycles. The molecule has 0 saturated carbocycles. The van der Waals surface area contributed by atoms with Gasteiger partial charge in [-0.25, -0.2) is 0 Å². The first-order valence-electron chi connectivity index (χ1n) is 10.0. The van der Waals surface area contributed by atoms with Crippen LogP contribution in [0.1, 0.15) is 42.4 Å². The van der Waals surface area contributed by atoms with E-state index in [2.05, 4.69) is 47.6 Å². The van der Waals surface area contributed by atoms with Gasteiger partial charge in [0.15, 0.2) is 0 Å². The molecule has 2 aromatic rings. The molecular weight excluding hydrogens is 334 g/mol. The number of anilines is 2. The van der Waals surface area contributed by atoms with Crippen LogP contribution in [0.25, 0.3) is 0 Å². The minimum atomic E-state index is 0.0767. The Hall–Kier alpha value is -2.33. The predicted molar refractivity (Wildman–Crippen MR) is 113 cm³/mol. The molecule has 4 heteroatoms. The number of nitrogens with one attached hydrogen (secondary N) is 2. The molecule has 1 aliphatic rings. The van der Waals surface area contributed by atoms with Gasteiger partial charge in [-0.3, -0.25) is 9.69 Å². The van der Waals surface area contributed by atoms with Crippen molar-refractivity contribution in [2.24, 2.45) is 0 Å². The minimum Gasteiger partial charge on any atom is -0.381 e. The van der Waals surface area contributed by atoms with E-state index in [1.807, 2.05) is 24.3 Å². The molecule has 1 heterocycles. The number of amides is 1. The summed E-state index contributed by atoms with van der Waals surface area (Å²) in [6, 6.07) is 14.5. The standard InChI is InChI=1S/C23H31N3O/c1-18-7-8-20(19(2)15-18)16-24-21-9-11-22(12-10-21)25-23(27)17-26-13-5-3-4-6-14-26/h7-12,15,24H,3-6,13-14,16-17H2,1-2H3,(H,25,27). The number of hydrogen-bond donors (Lipinski definition) is 2. The second-order valence-electron chi connectivity index (χ2n) is 7.60. The van der Waals surface area contributed by atoms with Gasteiger partial charge >= 0.3 is 0 Å². The Morgan fingerprint density at radius 3 is 2.26 bits per heavy atom. The third-order valence-electron chi connectivity index (χ3n) is 5.22. The molecule has 2 N–H and O–H groups in total. The highest BCUT2D eigenvalue weighted by Gasteiger charge is 2.13. The second kappa shape index (κ2) is 9.56. The second-order valence-corrected chi connectivity index (χ2v) is 7.60. The van der Waals surface area contributed by atoms with Gasteiger partial charge in [0.05, 0.1) is 6.54 Å². The Morgan fingerprint density at radius 2 is 1.59 bits per heavy atom. The summed E-state index contributed by atoms with van der Waals surface area (Å²) in [5, 5.41) is 6.47. The van der Waals surface area contributed by atoms with Crippen LogP contribution >= 0.6 is 0 Å². The van der Waals surface area contributed by atoms with E-state index in [1.54, 1.807) is 0 Å². The number of nitrogens with zero attached hydrogens (tertiary/aromatic N) is 1. The minimum absolute atomic E-state index is 0.0767. The van der Waals surface area contributed by atoms with Gasteiger partial charge < -0.3 is 10.6 Å². The van der Waals surface area contributed by atoms with Gasteiger partial charge in [-0.05, 0) is 75.2 Å². The SMILES string of the molecule is Cc1ccc(CNc2ccc(NC(=O)CN3CCCCCC3)cc2)c(C)c1. The molecule has 0 unspecified atom stereocenters. The van der Waals surface area contributed by atoms with E-state index in [-0.39, 0.29) is 5.91 Å². The highest BCUT2D eigenvalue weighted by molar-refractivity contribution is 5.92. The van der Waals surface area contributed by atoms with E-state index in [1.165, 1.54) is 42.4 Å². The first-order chi connectivity index (χ1) is 13.1. The summed E-state index contributed by atoms with van der Waals surface area (Å²) in [5.74, 6) is 0.0767. The van der Waals surface area contributed by atoms with Crippen LogP contribution in [0.4, 0.5) is 11.4 Å². The molecule has 0 atom stereocenters. The Kier molecular flexibility index (Phi) is 6.88. The number of benzene rings is 2. The molecule has 0 spiro atoms. The van der Waals surface area contributed by atoms with Crippen LogP contribution in [0.5, 0.6) is 0 Å². The van der Waals surface area contributed by atoms with Crippen LogP contribution in [-0.2, 0) is 11.3 Å². The molecule has 0 aromatic heterocycles. The van der Waals surface area contributed by atoms with Gasteiger partial charge in [-0.15, -0.1) is 0 Å². The molecule has 4 nitrogen and oxygen atoms in total. The van der Waals surface area contributed by atoms with Gasteiger partial charge in [-0.1, -0.05) is 36.6 Å². The van der Waals surface area contributed by atoms with Crippen molar-refractivity contribution in [1.82, 2.24) is 4.90 Å². The number of carbonyl (C=O) groups is 1. The number of carbonyl (C=O) groups excluding carboxylic acids is 1. The molecule has 0 bridgehead atoms. The number of likely N-dealkylation sites (tertiary alicyclic amines) is 1. The van der Waals surface area contributed by atoms with Gasteiger partial charge in [0.2, 0.25) is 5.91 Å². The third kappa shape index (κ3) is 6.10. The highest BCUT2D eigenvalue weighted by atomic mass is 16.2. The van der Waals surface area contributed by atoms with Crippen molar-refractivity contribution >= 4 is 17.3 Å². The fourth-order valence-corrected chi connectivity index (χ4v) is 3.61. The predicted octanol–water partition coefficient (Wildman–Crippen LogP) is 4.73. The van der Waals surface area contributed by atoms with Crippen molar-refractivity contribution in [3.63, 3.8) is 0 Å². The Balaban J connectivity index is 1.48. The van der Waals surface area contributed by atoms with E-state index in [0.717, 1.165) is 31.0 Å². The van der Waals surface area contributed by atoms with Gasteiger partial charge in [-0.2, -0.15) is 0 Å². The van der Waals surface area contributed by atoms with E-state index in [0.29, 0.717) is 6.54 Å². The van der Waals surface area contributed by atoms with Crippen LogP contribution in [0.2, 0.25) is 0 Å². The maximum atomic E-state index is 12.3. The zero-order valence-electron chi connectivity index (χ0n) is 16.6. The van der Waals surface area contributed by atoms with Crippen molar-refractivity contribution in [2.45, 2.75) is 46.1 Å². The van der Waals surface area contributed by atoms with Gasteiger partial charge in [0.25, 0.3) is 0 Å². The summed E-state index contributed by atoms with van der Waals surface area (Å²) in [6.45, 7) is 7.62. The summed E-state index contributed by atoms with van der Waals surface area (Å²) in [6.07, 6.45) is 4.98. The average Bonchev–Trinajstić information content (AvgIpc) is 2.91. The number of aryl methyl sites for hydroxylation is 2. The van der Waals surface area contributed by atoms with Crippen molar-refractivity contribution in [3.05, 3.63) is 59.2 Å². The molecular formula is C23H31N3O. The number of rotatable bonds is 6. The van der Waals surface area contributed by atoms with Crippen LogP contribution in [-0.4, -0.2) is 30.4 Å². The zero-order valence-corrected chi connectivity index (χ0v) is 16.6. The molecule has 0 aliphatic carbocycles. The molecule has 1 fully saturated rings. The van der Waals surface area contributed by atoms with E-state index >= 15 is 0 Å². The molecule has 1 amide bonds. The maximum absolute atomic E-state index is 12.3. The summed E-state index contributed by atoms with van der Waals surface area (Å²) < 4.78 is 0. The molecule has 1 saturated heterocycles. The van der Waals surface area contributed by atoms with Crippen LogP contribution < -0.4 is 10.6 Å². The van der Waals surface area contributed by atoms with Crippen molar-refractivity contribution in [2.75, 3.05) is 30.3 Å². The van der Waals surface area contributed by atoms with Gasteiger partial charge in [0, 0.05) is 17.9 Å². The topological polar surface area (TPSA) is 44.4 Å². The highest BCUT2D eigenvalue weighted by Crippen LogP contribution is 2.17. The lowest BCUT2D eigenvalue weighted by atomic mass is 10.1. The molecule has 0 radical (unpaired) electrons. The summed E-state index contributed by atoms with van der Waals surface area (Å²) in [7, 11) is 0. The van der Waals surface area contributed by atoms with E-state index in [4.69, 9.17) is 0 Å². The lowest BCUT2D eigenvalue weighted by Gasteiger charge is -2.19. The summed E-state index contributed by atoms with van der Waals surface area (Å²) in [4.78, 5) is 14.6. The molecule has 3 rings (SSSR count). The Morgan fingerprint density at radius 1 is 0.926 bits per heavy atom. The monoisotopic (exact) mass is 365 g/mol. The average molecular weight is 366 g/mol. The van der Waals surface area contributed by atoms with Crippen LogP contribution in [0.15, 0.2) is 42.5 Å². The first-order valence-corrected chi connectivity index (χ1v) is 10.0. The fourth-order valence-electron chi connectivity index (χ4n) is 3.61. The van der Waals surface area contributed by atoms with E-state index < -0.39 is 0 Å². The lowest BCUT2D eigenvalue weighted by molar-refractivity contribution is -0.117. The zero-order chi connectivity index (χ0) is 19.1. The van der Waals surface area contributed by atoms with Crippen molar-refractivity contribution in [1.29, 1.82) is 0 Å². The first kappa shape index (κ1) is 19.4. The molecule has 2 aromatic carbocycles. The Labute approximate surface area is 163 Å². The summed E-state index contributed by atoms with van der Waals surface area (Å²) >= 11 is 0. The number of hydrogen-bond acceptors (Lipinski definition) is 3. The van der Waals surface area contributed by atoms with Crippen molar-refractivity contribution in [3.8, 4) is 0 Å². The molecule has 144 valence electrons. The van der Waals surface area contributed by atoms with Crippen LogP contribution in [0, 0.1) is 13.8 Å². The Bertz CT molecular complexity index is 747. The molecule has 27 heavy (non-hydrogen) atoms. The lowest BCUT2D eigenvalue weighted by Crippen LogP contribution is -2.33. The fraction of sp³-hybridized carbons (Fsp3) is 0.435. The van der Waals surface area contributed by atoms with Gasteiger partial charge in [0.1, 0.15) is 0 Å².